The molecule has 2 heterocycles. The zero-order valence-electron chi connectivity index (χ0n) is 17.0. The molecule has 1 fully saturated rings. The quantitative estimate of drug-likeness (QED) is 0.787. The van der Waals surface area contributed by atoms with Gasteiger partial charge in [-0.3, -0.25) is 9.79 Å². The molecule has 2 unspecified atom stereocenters. The van der Waals surface area contributed by atoms with Gasteiger partial charge in [-0.2, -0.15) is 0 Å². The number of likely N-dealkylation sites (tertiary alicyclic amines) is 1. The van der Waals surface area contributed by atoms with Gasteiger partial charge in [-0.05, 0) is 54.4 Å². The number of hydrogen-bond donors (Lipinski definition) is 2. The Morgan fingerprint density at radius 2 is 1.83 bits per heavy atom. The van der Waals surface area contributed by atoms with Crippen molar-refractivity contribution >= 4 is 23.4 Å². The number of carboxylic acids is 1. The van der Waals surface area contributed by atoms with Crippen LogP contribution in [-0.4, -0.2) is 47.4 Å². The zero-order valence-corrected chi connectivity index (χ0v) is 17.0. The van der Waals surface area contributed by atoms with E-state index in [-0.39, 0.29) is 24.3 Å². The summed E-state index contributed by atoms with van der Waals surface area (Å²) in [5.41, 5.74) is 4.27. The van der Waals surface area contributed by atoms with Gasteiger partial charge >= 0.3 is 12.0 Å². The van der Waals surface area contributed by atoms with E-state index in [1.807, 2.05) is 47.4 Å². The molecule has 0 aromatic heterocycles. The Morgan fingerprint density at radius 1 is 1.07 bits per heavy atom. The van der Waals surface area contributed by atoms with E-state index in [0.717, 1.165) is 24.4 Å². The molecule has 0 aliphatic carbocycles. The van der Waals surface area contributed by atoms with E-state index in [4.69, 9.17) is 4.99 Å². The second kappa shape index (κ2) is 9.11. The van der Waals surface area contributed by atoms with Crippen LogP contribution in [0.3, 0.4) is 0 Å². The SMILES string of the molecule is O=C(O)CC1CCN(C(=O)Nc2ccccc2)CC1CC1=NCCc2ccccc21. The van der Waals surface area contributed by atoms with Crippen molar-refractivity contribution in [2.75, 3.05) is 25.0 Å². The van der Waals surface area contributed by atoms with E-state index in [1.165, 1.54) is 11.1 Å². The molecule has 2 N–H and O–H groups in total. The maximum Gasteiger partial charge on any atom is 0.321 e. The summed E-state index contributed by atoms with van der Waals surface area (Å²) in [5.74, 6) is -0.667. The molecule has 2 aromatic rings. The van der Waals surface area contributed by atoms with Gasteiger partial charge in [-0.25, -0.2) is 4.79 Å². The number of benzene rings is 2. The summed E-state index contributed by atoms with van der Waals surface area (Å²) in [6, 6.07) is 17.6. The number of carbonyl (C=O) groups is 2. The van der Waals surface area contributed by atoms with Gasteiger partial charge in [0.15, 0.2) is 0 Å². The first-order valence-electron chi connectivity index (χ1n) is 10.5. The van der Waals surface area contributed by atoms with E-state index in [2.05, 4.69) is 17.4 Å². The summed E-state index contributed by atoms with van der Waals surface area (Å²) in [6.45, 7) is 1.87. The maximum atomic E-state index is 12.8. The van der Waals surface area contributed by atoms with Crippen molar-refractivity contribution in [3.8, 4) is 0 Å². The van der Waals surface area contributed by atoms with E-state index < -0.39 is 5.97 Å². The molecule has 6 heteroatoms. The van der Waals surface area contributed by atoms with Crippen molar-refractivity contribution in [2.24, 2.45) is 16.8 Å². The fourth-order valence-corrected chi connectivity index (χ4v) is 4.55. The topological polar surface area (TPSA) is 82.0 Å². The number of amides is 2. The van der Waals surface area contributed by atoms with Gasteiger partial charge < -0.3 is 15.3 Å². The number of nitrogens with one attached hydrogen (secondary N) is 1. The van der Waals surface area contributed by atoms with Crippen molar-refractivity contribution in [1.29, 1.82) is 0 Å². The second-order valence-electron chi connectivity index (χ2n) is 8.09. The molecule has 4 rings (SSSR count). The molecule has 0 radical (unpaired) electrons. The van der Waals surface area contributed by atoms with Crippen molar-refractivity contribution in [3.05, 3.63) is 65.7 Å². The van der Waals surface area contributed by atoms with Gasteiger partial charge in [0, 0.05) is 37.5 Å². The van der Waals surface area contributed by atoms with Crippen LogP contribution in [0.4, 0.5) is 10.5 Å². The van der Waals surface area contributed by atoms with Crippen molar-refractivity contribution in [3.63, 3.8) is 0 Å². The highest BCUT2D eigenvalue weighted by Gasteiger charge is 2.34. The maximum absolute atomic E-state index is 12.8. The number of aliphatic carboxylic acids is 1. The third kappa shape index (κ3) is 4.70. The minimum Gasteiger partial charge on any atom is -0.481 e. The Morgan fingerprint density at radius 3 is 2.63 bits per heavy atom. The Labute approximate surface area is 176 Å². The van der Waals surface area contributed by atoms with Crippen LogP contribution in [0, 0.1) is 11.8 Å². The predicted octanol–water partition coefficient (Wildman–Crippen LogP) is 4.07. The monoisotopic (exact) mass is 405 g/mol. The van der Waals surface area contributed by atoms with Crippen molar-refractivity contribution < 1.29 is 14.7 Å². The Kier molecular flexibility index (Phi) is 6.12. The van der Waals surface area contributed by atoms with E-state index in [9.17, 15) is 14.7 Å². The first kappa shape index (κ1) is 20.1. The average Bonchev–Trinajstić information content (AvgIpc) is 2.75. The third-order valence-electron chi connectivity index (χ3n) is 6.11. The van der Waals surface area contributed by atoms with Gasteiger partial charge in [0.05, 0.1) is 0 Å². The number of carbonyl (C=O) groups excluding carboxylic acids is 1. The summed E-state index contributed by atoms with van der Waals surface area (Å²) in [7, 11) is 0. The number of aliphatic imine (C=N–C) groups is 1. The summed E-state index contributed by atoms with van der Waals surface area (Å²) in [5, 5.41) is 12.3. The van der Waals surface area contributed by atoms with Crippen molar-refractivity contribution in [1.82, 2.24) is 4.90 Å². The van der Waals surface area contributed by atoms with Crippen LogP contribution in [0.1, 0.15) is 30.4 Å². The van der Waals surface area contributed by atoms with Gasteiger partial charge in [0.2, 0.25) is 0 Å². The van der Waals surface area contributed by atoms with Gasteiger partial charge in [0.1, 0.15) is 0 Å². The van der Waals surface area contributed by atoms with Gasteiger partial charge in [-0.15, -0.1) is 0 Å². The van der Waals surface area contributed by atoms with Crippen LogP contribution in [0.2, 0.25) is 0 Å². The Bertz CT molecular complexity index is 942. The zero-order chi connectivity index (χ0) is 20.9. The summed E-state index contributed by atoms with van der Waals surface area (Å²) in [6.07, 6.45) is 2.46. The van der Waals surface area contributed by atoms with Crippen LogP contribution >= 0.6 is 0 Å². The normalized spacial score (nSPS) is 20.8. The fourth-order valence-electron chi connectivity index (χ4n) is 4.55. The first-order valence-corrected chi connectivity index (χ1v) is 10.5. The molecule has 2 aliphatic rings. The fraction of sp³-hybridized carbons (Fsp3) is 0.375. The van der Waals surface area contributed by atoms with Crippen LogP contribution in [0.5, 0.6) is 0 Å². The van der Waals surface area contributed by atoms with Crippen LogP contribution in [-0.2, 0) is 11.2 Å². The molecule has 1 saturated heterocycles. The predicted molar refractivity (Wildman–Crippen MR) is 117 cm³/mol. The highest BCUT2D eigenvalue weighted by atomic mass is 16.4. The third-order valence-corrected chi connectivity index (χ3v) is 6.11. The molecule has 2 atom stereocenters. The summed E-state index contributed by atoms with van der Waals surface area (Å²) >= 11 is 0. The van der Waals surface area contributed by atoms with Crippen LogP contribution in [0.15, 0.2) is 59.6 Å². The molecular weight excluding hydrogens is 378 g/mol. The highest BCUT2D eigenvalue weighted by molar-refractivity contribution is 6.02. The average molecular weight is 405 g/mol. The number of urea groups is 1. The number of para-hydroxylation sites is 1. The lowest BCUT2D eigenvalue weighted by atomic mass is 9.78. The van der Waals surface area contributed by atoms with Gasteiger partial charge in [0.25, 0.3) is 0 Å². The standard InChI is InChI=1S/C24H27N3O3/c28-23(29)15-18-11-13-27(24(30)26-20-7-2-1-3-8-20)16-19(18)14-22-21-9-5-4-6-17(21)10-12-25-22/h1-9,18-19H,10-16H2,(H,26,30)(H,28,29). The molecular formula is C24H27N3O3. The minimum absolute atomic E-state index is 0.0417. The molecule has 0 bridgehead atoms. The Balaban J connectivity index is 1.49. The summed E-state index contributed by atoms with van der Waals surface area (Å²) in [4.78, 5) is 30.8. The number of hydrogen-bond acceptors (Lipinski definition) is 3. The highest BCUT2D eigenvalue weighted by Crippen LogP contribution is 2.32. The summed E-state index contributed by atoms with van der Waals surface area (Å²) < 4.78 is 0. The molecule has 0 spiro atoms. The largest absolute Gasteiger partial charge is 0.481 e. The number of piperidine rings is 1. The smallest absolute Gasteiger partial charge is 0.321 e. The second-order valence-corrected chi connectivity index (χ2v) is 8.09. The van der Waals surface area contributed by atoms with Crippen LogP contribution < -0.4 is 5.32 Å². The molecule has 0 saturated carbocycles. The van der Waals surface area contributed by atoms with E-state index in [1.54, 1.807) is 0 Å². The Hall–Kier alpha value is -3.15. The van der Waals surface area contributed by atoms with E-state index in [0.29, 0.717) is 25.9 Å². The number of carboxylic acid groups (broad SMARTS) is 1. The minimum atomic E-state index is -0.779. The van der Waals surface area contributed by atoms with E-state index >= 15 is 0 Å². The molecule has 2 aliphatic heterocycles. The van der Waals surface area contributed by atoms with Crippen LogP contribution in [0.25, 0.3) is 0 Å². The lowest BCUT2D eigenvalue weighted by molar-refractivity contribution is -0.138. The molecule has 6 nitrogen and oxygen atoms in total. The number of rotatable bonds is 5. The lowest BCUT2D eigenvalue weighted by Gasteiger charge is -2.38. The molecule has 30 heavy (non-hydrogen) atoms. The molecule has 156 valence electrons. The number of fused-ring (bicyclic) bond motifs is 1. The lowest BCUT2D eigenvalue weighted by Crippen LogP contribution is -2.46. The van der Waals surface area contributed by atoms with Gasteiger partial charge in [-0.1, -0.05) is 42.5 Å². The van der Waals surface area contributed by atoms with Crippen molar-refractivity contribution in [2.45, 2.75) is 25.7 Å². The number of nitrogens with zero attached hydrogens (tertiary/aromatic N) is 2. The number of anilines is 1. The molecule has 2 aromatic carbocycles. The molecule has 2 amide bonds. The first-order chi connectivity index (χ1) is 14.6.